The smallest absolute Gasteiger partial charge is 0.162 e. The van der Waals surface area contributed by atoms with Crippen LogP contribution in [0.5, 0.6) is 0 Å². The molecule has 0 bridgehead atoms. The summed E-state index contributed by atoms with van der Waals surface area (Å²) in [6, 6.07) is 5.05. The molecule has 0 fully saturated rings. The summed E-state index contributed by atoms with van der Waals surface area (Å²) in [5.74, 6) is -2.27. The molecule has 0 aliphatic carbocycles. The Balaban J connectivity index is 2.30. The van der Waals surface area contributed by atoms with Gasteiger partial charge in [0.15, 0.2) is 11.6 Å². The van der Waals surface area contributed by atoms with Gasteiger partial charge in [0, 0.05) is 17.8 Å². The van der Waals surface area contributed by atoms with Gasteiger partial charge < -0.3 is 5.32 Å². The quantitative estimate of drug-likeness (QED) is 0.920. The molecule has 1 aromatic carbocycles. The van der Waals surface area contributed by atoms with Gasteiger partial charge in [-0.25, -0.2) is 13.2 Å². The van der Waals surface area contributed by atoms with Gasteiger partial charge in [-0.15, -0.1) is 0 Å². The Morgan fingerprint density at radius 1 is 1.16 bits per heavy atom. The van der Waals surface area contributed by atoms with E-state index >= 15 is 0 Å². The van der Waals surface area contributed by atoms with Crippen LogP contribution in [0.2, 0.25) is 0 Å². The first-order valence-electron chi connectivity index (χ1n) is 5.83. The fourth-order valence-electron chi connectivity index (χ4n) is 1.96. The number of nitrogens with one attached hydrogen (secondary N) is 1. The summed E-state index contributed by atoms with van der Waals surface area (Å²) in [6.07, 6.45) is 2.72. The van der Waals surface area contributed by atoms with Gasteiger partial charge in [-0.3, -0.25) is 4.98 Å². The van der Waals surface area contributed by atoms with Crippen LogP contribution in [0.4, 0.5) is 13.2 Å². The number of aromatic nitrogens is 1. The third-order valence-corrected chi connectivity index (χ3v) is 2.98. The molecule has 0 saturated carbocycles. The second-order valence-corrected chi connectivity index (χ2v) is 4.16. The molecule has 5 heteroatoms. The lowest BCUT2D eigenvalue weighted by Crippen LogP contribution is -2.21. The summed E-state index contributed by atoms with van der Waals surface area (Å²) in [5, 5.41) is 2.90. The molecule has 0 aliphatic heterocycles. The summed E-state index contributed by atoms with van der Waals surface area (Å²) in [4.78, 5) is 3.66. The lowest BCUT2D eigenvalue weighted by Gasteiger charge is -2.17. The third-order valence-electron chi connectivity index (χ3n) is 2.98. The van der Waals surface area contributed by atoms with Crippen LogP contribution in [0.25, 0.3) is 0 Å². The molecule has 0 amide bonds. The zero-order valence-corrected chi connectivity index (χ0v) is 10.3. The highest BCUT2D eigenvalue weighted by atomic mass is 19.2. The minimum absolute atomic E-state index is 0.154. The van der Waals surface area contributed by atoms with Crippen molar-refractivity contribution in [1.29, 1.82) is 0 Å². The molecule has 1 N–H and O–H groups in total. The minimum atomic E-state index is -0.900. The highest BCUT2D eigenvalue weighted by Gasteiger charge is 2.17. The number of benzene rings is 1. The molecule has 1 heterocycles. The maximum absolute atomic E-state index is 13.6. The first kappa shape index (κ1) is 13.5. The fourth-order valence-corrected chi connectivity index (χ4v) is 1.96. The molecule has 1 atom stereocenters. The van der Waals surface area contributed by atoms with E-state index in [0.717, 1.165) is 12.3 Å². The average Bonchev–Trinajstić information content (AvgIpc) is 2.41. The zero-order valence-electron chi connectivity index (χ0n) is 10.3. The number of rotatable bonds is 4. The summed E-state index contributed by atoms with van der Waals surface area (Å²) in [7, 11) is 1.64. The number of hydrogen-bond donors (Lipinski definition) is 1. The second kappa shape index (κ2) is 5.84. The van der Waals surface area contributed by atoms with Crippen LogP contribution < -0.4 is 5.32 Å². The van der Waals surface area contributed by atoms with Crippen LogP contribution in [0.3, 0.4) is 0 Å². The predicted octanol–water partition coefficient (Wildman–Crippen LogP) is 3.00. The van der Waals surface area contributed by atoms with E-state index in [0.29, 0.717) is 5.56 Å². The molecule has 19 heavy (non-hydrogen) atoms. The van der Waals surface area contributed by atoms with E-state index in [9.17, 15) is 13.2 Å². The van der Waals surface area contributed by atoms with Gasteiger partial charge in [0.1, 0.15) is 5.82 Å². The largest absolute Gasteiger partial charge is 0.313 e. The Labute approximate surface area is 109 Å². The topological polar surface area (TPSA) is 24.9 Å². The lowest BCUT2D eigenvalue weighted by molar-refractivity contribution is 0.480. The molecule has 0 radical (unpaired) electrons. The van der Waals surface area contributed by atoms with Crippen molar-refractivity contribution in [2.24, 2.45) is 0 Å². The van der Waals surface area contributed by atoms with Gasteiger partial charge in [-0.05, 0) is 31.2 Å². The SMILES string of the molecule is CNC(Cc1cccc(F)c1F)c1ccncc1F. The van der Waals surface area contributed by atoms with Gasteiger partial charge in [0.05, 0.1) is 6.20 Å². The van der Waals surface area contributed by atoms with Crippen molar-refractivity contribution in [2.75, 3.05) is 7.05 Å². The number of pyridine rings is 1. The van der Waals surface area contributed by atoms with Crippen molar-refractivity contribution >= 4 is 0 Å². The Morgan fingerprint density at radius 3 is 2.63 bits per heavy atom. The Hall–Kier alpha value is -1.88. The summed E-state index contributed by atoms with van der Waals surface area (Å²) in [6.45, 7) is 0. The Kier molecular flexibility index (Phi) is 4.16. The zero-order chi connectivity index (χ0) is 13.8. The van der Waals surface area contributed by atoms with E-state index in [-0.39, 0.29) is 12.0 Å². The molecule has 2 aromatic rings. The second-order valence-electron chi connectivity index (χ2n) is 4.16. The highest BCUT2D eigenvalue weighted by Crippen LogP contribution is 2.22. The fraction of sp³-hybridized carbons (Fsp3) is 0.214. The van der Waals surface area contributed by atoms with E-state index in [1.165, 1.54) is 24.4 Å². The minimum Gasteiger partial charge on any atom is -0.313 e. The van der Waals surface area contributed by atoms with Crippen molar-refractivity contribution in [3.05, 3.63) is 65.2 Å². The van der Waals surface area contributed by atoms with Crippen LogP contribution in [-0.2, 0) is 6.42 Å². The number of halogens is 3. The van der Waals surface area contributed by atoms with Gasteiger partial charge >= 0.3 is 0 Å². The first-order chi connectivity index (χ1) is 9.13. The van der Waals surface area contributed by atoms with E-state index in [1.807, 2.05) is 0 Å². The maximum atomic E-state index is 13.6. The van der Waals surface area contributed by atoms with Crippen LogP contribution in [-0.4, -0.2) is 12.0 Å². The van der Waals surface area contributed by atoms with Gasteiger partial charge in [0.2, 0.25) is 0 Å². The van der Waals surface area contributed by atoms with E-state index in [4.69, 9.17) is 0 Å². The van der Waals surface area contributed by atoms with Crippen LogP contribution in [0, 0.1) is 17.5 Å². The van der Waals surface area contributed by atoms with E-state index < -0.39 is 23.5 Å². The molecule has 0 saturated heterocycles. The van der Waals surface area contributed by atoms with Crippen LogP contribution in [0.15, 0.2) is 36.7 Å². The summed E-state index contributed by atoms with van der Waals surface area (Å²) < 4.78 is 40.4. The molecule has 0 spiro atoms. The van der Waals surface area contributed by atoms with Crippen molar-refractivity contribution in [3.63, 3.8) is 0 Å². The maximum Gasteiger partial charge on any atom is 0.162 e. The van der Waals surface area contributed by atoms with E-state index in [1.54, 1.807) is 7.05 Å². The number of nitrogens with zero attached hydrogens (tertiary/aromatic N) is 1. The van der Waals surface area contributed by atoms with Crippen molar-refractivity contribution in [3.8, 4) is 0 Å². The Morgan fingerprint density at radius 2 is 1.95 bits per heavy atom. The first-order valence-corrected chi connectivity index (χ1v) is 5.83. The summed E-state index contributed by atoms with van der Waals surface area (Å²) in [5.41, 5.74) is 0.580. The van der Waals surface area contributed by atoms with Gasteiger partial charge in [-0.1, -0.05) is 12.1 Å². The van der Waals surface area contributed by atoms with Crippen molar-refractivity contribution in [2.45, 2.75) is 12.5 Å². The average molecular weight is 266 g/mol. The molecule has 2 nitrogen and oxygen atoms in total. The number of likely N-dealkylation sites (N-methyl/N-ethyl adjacent to an activating group) is 1. The molecule has 2 rings (SSSR count). The van der Waals surface area contributed by atoms with E-state index in [2.05, 4.69) is 10.3 Å². The highest BCUT2D eigenvalue weighted by molar-refractivity contribution is 5.24. The third kappa shape index (κ3) is 2.93. The molecular formula is C14H13F3N2. The predicted molar refractivity (Wildman–Crippen MR) is 66.1 cm³/mol. The lowest BCUT2D eigenvalue weighted by atomic mass is 9.99. The molecule has 1 aromatic heterocycles. The molecular weight excluding hydrogens is 253 g/mol. The monoisotopic (exact) mass is 266 g/mol. The molecule has 1 unspecified atom stereocenters. The molecule has 0 aliphatic rings. The van der Waals surface area contributed by atoms with Crippen molar-refractivity contribution < 1.29 is 13.2 Å². The number of hydrogen-bond acceptors (Lipinski definition) is 2. The van der Waals surface area contributed by atoms with Crippen LogP contribution >= 0.6 is 0 Å². The molecule has 100 valence electrons. The Bertz CT molecular complexity index is 572. The van der Waals surface area contributed by atoms with Gasteiger partial charge in [0.25, 0.3) is 0 Å². The van der Waals surface area contributed by atoms with Crippen LogP contribution in [0.1, 0.15) is 17.2 Å². The normalized spacial score (nSPS) is 12.4. The summed E-state index contributed by atoms with van der Waals surface area (Å²) >= 11 is 0. The standard InChI is InChI=1S/C14H13F3N2/c1-18-13(10-5-6-19-8-12(10)16)7-9-3-2-4-11(15)14(9)17/h2-6,8,13,18H,7H2,1H3. The van der Waals surface area contributed by atoms with Gasteiger partial charge in [-0.2, -0.15) is 0 Å². The van der Waals surface area contributed by atoms with Crippen molar-refractivity contribution in [1.82, 2.24) is 10.3 Å².